The Kier molecular flexibility index (Phi) is 5.55. The molecule has 0 bridgehead atoms. The van der Waals surface area contributed by atoms with Crippen molar-refractivity contribution in [2.24, 2.45) is 0 Å². The molecule has 2 aromatic rings. The molecule has 0 N–H and O–H groups in total. The number of amides is 1. The Morgan fingerprint density at radius 2 is 1.56 bits per heavy atom. The third-order valence-electron chi connectivity index (χ3n) is 6.27. The second-order valence-corrected chi connectivity index (χ2v) is 8.06. The molecule has 1 heterocycles. The molecule has 1 aromatic heterocycles. The molecule has 0 saturated heterocycles. The molecule has 2 aliphatic carbocycles. The fraction of sp³-hybridized carbons (Fsp3) is 0.591. The summed E-state index contributed by atoms with van der Waals surface area (Å²) in [6.45, 7) is 0.120. The number of fused-ring (bicyclic) bond motifs is 1. The van der Waals surface area contributed by atoms with E-state index < -0.39 is 0 Å². The van der Waals surface area contributed by atoms with Crippen LogP contribution < -0.4 is 5.56 Å². The van der Waals surface area contributed by atoms with Gasteiger partial charge in [-0.25, -0.2) is 4.98 Å². The number of hydrogen-bond acceptors (Lipinski definition) is 3. The van der Waals surface area contributed by atoms with Crippen LogP contribution in [0.4, 0.5) is 0 Å². The number of carbonyl (C=O) groups excluding carboxylic acids is 1. The van der Waals surface area contributed by atoms with E-state index >= 15 is 0 Å². The topological polar surface area (TPSA) is 55.2 Å². The average molecular weight is 367 g/mol. The Morgan fingerprint density at radius 3 is 2.19 bits per heavy atom. The molecule has 2 aliphatic rings. The van der Waals surface area contributed by atoms with Gasteiger partial charge in [0.1, 0.15) is 6.54 Å². The molecule has 0 aliphatic heterocycles. The van der Waals surface area contributed by atoms with Crippen LogP contribution in [0.2, 0.25) is 0 Å². The number of para-hydroxylation sites is 2. The van der Waals surface area contributed by atoms with E-state index in [1.54, 1.807) is 4.57 Å². The number of carbonyl (C=O) groups is 1. The van der Waals surface area contributed by atoms with Gasteiger partial charge < -0.3 is 4.90 Å². The summed E-state index contributed by atoms with van der Waals surface area (Å²) in [5.74, 6) is 0.104. The summed E-state index contributed by atoms with van der Waals surface area (Å²) in [4.78, 5) is 32.3. The zero-order valence-corrected chi connectivity index (χ0v) is 16.0. The maximum atomic E-state index is 13.5. The fourth-order valence-corrected chi connectivity index (χ4v) is 4.92. The van der Waals surface area contributed by atoms with Gasteiger partial charge in [-0.1, -0.05) is 50.7 Å². The molecule has 2 saturated carbocycles. The van der Waals surface area contributed by atoms with Gasteiger partial charge in [-0.05, 0) is 37.8 Å². The van der Waals surface area contributed by atoms with Gasteiger partial charge >= 0.3 is 0 Å². The van der Waals surface area contributed by atoms with Crippen molar-refractivity contribution in [2.45, 2.75) is 82.8 Å². The van der Waals surface area contributed by atoms with E-state index in [4.69, 9.17) is 0 Å². The highest BCUT2D eigenvalue weighted by molar-refractivity contribution is 5.80. The van der Waals surface area contributed by atoms with Crippen LogP contribution >= 0.6 is 0 Å². The third kappa shape index (κ3) is 3.92. The number of nitrogens with zero attached hydrogens (tertiary/aromatic N) is 3. The van der Waals surface area contributed by atoms with E-state index in [9.17, 15) is 9.59 Å². The van der Waals surface area contributed by atoms with Crippen LogP contribution in [-0.4, -0.2) is 32.4 Å². The molecule has 2 fully saturated rings. The van der Waals surface area contributed by atoms with Crippen LogP contribution in [0, 0.1) is 0 Å². The lowest BCUT2D eigenvalue weighted by atomic mass is 9.88. The molecule has 1 amide bonds. The monoisotopic (exact) mass is 367 g/mol. The molecular weight excluding hydrogens is 338 g/mol. The highest BCUT2D eigenvalue weighted by Gasteiger charge is 2.32. The molecule has 144 valence electrons. The maximum Gasteiger partial charge on any atom is 0.269 e. The van der Waals surface area contributed by atoms with Crippen LogP contribution in [0.3, 0.4) is 0 Å². The molecule has 5 heteroatoms. The smallest absolute Gasteiger partial charge is 0.269 e. The summed E-state index contributed by atoms with van der Waals surface area (Å²) in [5.41, 5.74) is 1.30. The Hall–Kier alpha value is -2.17. The molecule has 0 unspecified atom stereocenters. The van der Waals surface area contributed by atoms with Crippen molar-refractivity contribution in [1.82, 2.24) is 14.5 Å². The fourth-order valence-electron chi connectivity index (χ4n) is 4.92. The highest BCUT2D eigenvalue weighted by atomic mass is 16.2. The predicted octanol–water partition coefficient (Wildman–Crippen LogP) is 3.89. The Labute approximate surface area is 160 Å². The summed E-state index contributed by atoms with van der Waals surface area (Å²) in [5, 5.41) is 0. The van der Waals surface area contributed by atoms with Crippen molar-refractivity contribution in [3.8, 4) is 0 Å². The van der Waals surface area contributed by atoms with Crippen molar-refractivity contribution in [1.29, 1.82) is 0 Å². The van der Waals surface area contributed by atoms with Crippen LogP contribution in [-0.2, 0) is 11.3 Å². The molecule has 4 rings (SSSR count). The molecule has 5 nitrogen and oxygen atoms in total. The van der Waals surface area contributed by atoms with E-state index in [0.717, 1.165) is 36.7 Å². The van der Waals surface area contributed by atoms with Gasteiger partial charge in [-0.15, -0.1) is 0 Å². The van der Waals surface area contributed by atoms with Crippen LogP contribution in [0.1, 0.15) is 64.2 Å². The van der Waals surface area contributed by atoms with Crippen LogP contribution in [0.5, 0.6) is 0 Å². The molecule has 27 heavy (non-hydrogen) atoms. The zero-order chi connectivity index (χ0) is 18.6. The third-order valence-corrected chi connectivity index (χ3v) is 6.27. The van der Waals surface area contributed by atoms with E-state index in [2.05, 4.69) is 9.88 Å². The summed E-state index contributed by atoms with van der Waals surface area (Å²) in [7, 11) is 0. The zero-order valence-electron chi connectivity index (χ0n) is 16.0. The van der Waals surface area contributed by atoms with Crippen molar-refractivity contribution in [3.63, 3.8) is 0 Å². The largest absolute Gasteiger partial charge is 0.335 e. The SMILES string of the molecule is O=C(Cn1c(=O)cnc2ccccc21)N(C1CCCCC1)C1CCCCC1. The first-order chi connectivity index (χ1) is 13.2. The number of rotatable bonds is 4. The van der Waals surface area contributed by atoms with E-state index in [1.165, 1.54) is 44.7 Å². The summed E-state index contributed by atoms with van der Waals surface area (Å²) >= 11 is 0. The maximum absolute atomic E-state index is 13.5. The normalized spacial score (nSPS) is 19.3. The first kappa shape index (κ1) is 18.2. The van der Waals surface area contributed by atoms with E-state index in [0.29, 0.717) is 12.1 Å². The molecule has 1 aromatic carbocycles. The minimum atomic E-state index is -0.200. The van der Waals surface area contributed by atoms with Crippen molar-refractivity contribution >= 4 is 16.9 Å². The van der Waals surface area contributed by atoms with E-state index in [-0.39, 0.29) is 18.0 Å². The van der Waals surface area contributed by atoms with E-state index in [1.807, 2.05) is 24.3 Å². The lowest BCUT2D eigenvalue weighted by molar-refractivity contribution is -0.138. The summed E-state index contributed by atoms with van der Waals surface area (Å²) in [6.07, 6.45) is 13.1. The first-order valence-corrected chi connectivity index (χ1v) is 10.5. The van der Waals surface area contributed by atoms with Gasteiger partial charge in [0.25, 0.3) is 5.56 Å². The quantitative estimate of drug-likeness (QED) is 0.824. The Bertz CT molecular complexity index is 830. The standard InChI is InChI=1S/C22H29N3O2/c26-21-15-23-19-13-7-8-14-20(19)24(21)16-22(27)25(17-9-3-1-4-10-17)18-11-5-2-6-12-18/h7-8,13-15,17-18H,1-6,9-12,16H2. The predicted molar refractivity (Wildman–Crippen MR) is 107 cm³/mol. The summed E-state index contributed by atoms with van der Waals surface area (Å²) < 4.78 is 1.60. The number of hydrogen-bond donors (Lipinski definition) is 0. The van der Waals surface area contributed by atoms with Gasteiger partial charge in [0.2, 0.25) is 5.91 Å². The van der Waals surface area contributed by atoms with Crippen molar-refractivity contribution in [3.05, 3.63) is 40.8 Å². The highest BCUT2D eigenvalue weighted by Crippen LogP contribution is 2.30. The van der Waals surface area contributed by atoms with Gasteiger partial charge in [0, 0.05) is 12.1 Å². The minimum absolute atomic E-state index is 0.104. The van der Waals surface area contributed by atoms with Gasteiger partial charge in [0.05, 0.1) is 17.2 Å². The molecular formula is C22H29N3O2. The minimum Gasteiger partial charge on any atom is -0.335 e. The first-order valence-electron chi connectivity index (χ1n) is 10.5. The van der Waals surface area contributed by atoms with Gasteiger partial charge in [-0.2, -0.15) is 0 Å². The second-order valence-electron chi connectivity index (χ2n) is 8.06. The average Bonchev–Trinajstić information content (AvgIpc) is 2.72. The summed E-state index contributed by atoms with van der Waals surface area (Å²) in [6, 6.07) is 8.25. The lowest BCUT2D eigenvalue weighted by Crippen LogP contribution is -2.50. The molecule has 0 radical (unpaired) electrons. The molecule has 0 atom stereocenters. The van der Waals surface area contributed by atoms with Gasteiger partial charge in [-0.3, -0.25) is 14.2 Å². The second kappa shape index (κ2) is 8.24. The lowest BCUT2D eigenvalue weighted by Gasteiger charge is -2.42. The molecule has 0 spiro atoms. The van der Waals surface area contributed by atoms with Crippen LogP contribution in [0.25, 0.3) is 11.0 Å². The Balaban J connectivity index is 1.63. The van der Waals surface area contributed by atoms with Crippen molar-refractivity contribution in [2.75, 3.05) is 0 Å². The number of benzene rings is 1. The number of aromatic nitrogens is 2. The Morgan fingerprint density at radius 1 is 0.963 bits per heavy atom. The van der Waals surface area contributed by atoms with Crippen LogP contribution in [0.15, 0.2) is 35.3 Å². The van der Waals surface area contributed by atoms with Gasteiger partial charge in [0.15, 0.2) is 0 Å². The van der Waals surface area contributed by atoms with Crippen molar-refractivity contribution < 1.29 is 4.79 Å².